The lowest BCUT2D eigenvalue weighted by molar-refractivity contribution is -0.302. The van der Waals surface area contributed by atoms with Crippen LogP contribution in [0.1, 0.15) is 258 Å². The molecule has 0 aromatic rings. The lowest BCUT2D eigenvalue weighted by Gasteiger charge is -2.40. The maximum absolute atomic E-state index is 13.1. The molecule has 0 bridgehead atoms. The number of aliphatic hydroxyl groups excluding tert-OH is 5. The lowest BCUT2D eigenvalue weighted by atomic mass is 9.99. The second-order valence-electron chi connectivity index (χ2n) is 22.2. The van der Waals surface area contributed by atoms with Crippen molar-refractivity contribution in [1.82, 2.24) is 5.32 Å². The van der Waals surface area contributed by atoms with Gasteiger partial charge in [-0.05, 0) is 109 Å². The van der Waals surface area contributed by atoms with E-state index in [9.17, 15) is 30.3 Å². The average molecular weight is 1130 g/mol. The Hall–Kier alpha value is -3.67. The van der Waals surface area contributed by atoms with Crippen molar-refractivity contribution in [2.75, 3.05) is 13.2 Å². The van der Waals surface area contributed by atoms with E-state index in [0.717, 1.165) is 116 Å². The first kappa shape index (κ1) is 75.3. The number of carbonyl (C=O) groups excluding carboxylic acids is 1. The van der Waals surface area contributed by atoms with E-state index in [0.29, 0.717) is 6.42 Å². The van der Waals surface area contributed by atoms with Gasteiger partial charge in [0.25, 0.3) is 0 Å². The van der Waals surface area contributed by atoms with Crippen molar-refractivity contribution in [2.24, 2.45) is 0 Å². The third kappa shape index (κ3) is 48.4. The van der Waals surface area contributed by atoms with E-state index in [1.165, 1.54) is 122 Å². The topological polar surface area (TPSA) is 149 Å². The Morgan fingerprint density at radius 1 is 0.432 bits per heavy atom. The van der Waals surface area contributed by atoms with Crippen LogP contribution in [0.25, 0.3) is 0 Å². The average Bonchev–Trinajstić information content (AvgIpc) is 3.50. The Morgan fingerprint density at radius 2 is 0.778 bits per heavy atom. The maximum atomic E-state index is 13.1. The number of carbonyl (C=O) groups is 1. The molecular weight excluding hydrogens is 1010 g/mol. The molecule has 1 rings (SSSR count). The van der Waals surface area contributed by atoms with E-state index < -0.39 is 49.5 Å². The molecule has 1 aliphatic rings. The highest BCUT2D eigenvalue weighted by Gasteiger charge is 2.44. The van der Waals surface area contributed by atoms with Crippen molar-refractivity contribution in [3.05, 3.63) is 134 Å². The molecule has 1 heterocycles. The van der Waals surface area contributed by atoms with Crippen molar-refractivity contribution >= 4 is 5.91 Å². The molecule has 462 valence electrons. The van der Waals surface area contributed by atoms with Crippen LogP contribution in [0.4, 0.5) is 0 Å². The Balaban J connectivity index is 2.23. The van der Waals surface area contributed by atoms with Gasteiger partial charge in [0.15, 0.2) is 6.29 Å². The van der Waals surface area contributed by atoms with Crippen molar-refractivity contribution in [3.8, 4) is 0 Å². The minimum atomic E-state index is -1.59. The van der Waals surface area contributed by atoms with Gasteiger partial charge in [0.05, 0.1) is 25.4 Å². The third-order valence-corrected chi connectivity index (χ3v) is 14.7. The molecule has 6 N–H and O–H groups in total. The zero-order valence-corrected chi connectivity index (χ0v) is 51.5. The number of hydrogen-bond acceptors (Lipinski definition) is 8. The number of rotatable bonds is 55. The molecule has 9 nitrogen and oxygen atoms in total. The highest BCUT2D eigenvalue weighted by molar-refractivity contribution is 5.76. The van der Waals surface area contributed by atoms with Gasteiger partial charge in [-0.3, -0.25) is 4.79 Å². The molecule has 7 unspecified atom stereocenters. The molecular formula is C72H121NO8. The summed E-state index contributed by atoms with van der Waals surface area (Å²) in [4.78, 5) is 13.1. The summed E-state index contributed by atoms with van der Waals surface area (Å²) in [5, 5.41) is 54.6. The van der Waals surface area contributed by atoms with Crippen LogP contribution in [0.15, 0.2) is 134 Å². The molecule has 0 radical (unpaired) electrons. The maximum Gasteiger partial charge on any atom is 0.220 e. The Kier molecular flexibility index (Phi) is 55.3. The van der Waals surface area contributed by atoms with Crippen molar-refractivity contribution < 1.29 is 39.8 Å². The predicted molar refractivity (Wildman–Crippen MR) is 345 cm³/mol. The van der Waals surface area contributed by atoms with E-state index >= 15 is 0 Å². The summed E-state index contributed by atoms with van der Waals surface area (Å²) < 4.78 is 11.3. The van der Waals surface area contributed by atoms with Gasteiger partial charge in [0, 0.05) is 6.42 Å². The summed E-state index contributed by atoms with van der Waals surface area (Å²) in [5.74, 6) is -0.204. The molecule has 0 aliphatic carbocycles. The highest BCUT2D eigenvalue weighted by atomic mass is 16.7. The summed E-state index contributed by atoms with van der Waals surface area (Å²) in [6.07, 6.45) is 83.9. The predicted octanol–water partition coefficient (Wildman–Crippen LogP) is 17.6. The highest BCUT2D eigenvalue weighted by Crippen LogP contribution is 2.23. The first-order valence-corrected chi connectivity index (χ1v) is 32.9. The van der Waals surface area contributed by atoms with Crippen LogP contribution < -0.4 is 5.32 Å². The van der Waals surface area contributed by atoms with Crippen molar-refractivity contribution in [1.29, 1.82) is 0 Å². The largest absolute Gasteiger partial charge is 0.394 e. The molecule has 0 aromatic heterocycles. The fraction of sp³-hybridized carbons (Fsp3) is 0.681. The van der Waals surface area contributed by atoms with Gasteiger partial charge in [-0.1, -0.05) is 276 Å². The Labute approximate surface area is 496 Å². The number of hydrogen-bond donors (Lipinski definition) is 6. The molecule has 1 aliphatic heterocycles. The minimum absolute atomic E-state index is 0.204. The molecule has 0 saturated carbocycles. The molecule has 9 heteroatoms. The summed E-state index contributed by atoms with van der Waals surface area (Å²) in [5.41, 5.74) is 0. The van der Waals surface area contributed by atoms with Crippen LogP contribution >= 0.6 is 0 Å². The minimum Gasteiger partial charge on any atom is -0.394 e. The summed E-state index contributed by atoms with van der Waals surface area (Å²) in [6.45, 7) is 3.65. The molecule has 1 amide bonds. The molecule has 81 heavy (non-hydrogen) atoms. The number of allylic oxidation sites excluding steroid dienone is 21. The van der Waals surface area contributed by atoms with E-state index in [1.54, 1.807) is 6.08 Å². The van der Waals surface area contributed by atoms with Crippen LogP contribution in [0.5, 0.6) is 0 Å². The Morgan fingerprint density at radius 3 is 1.19 bits per heavy atom. The van der Waals surface area contributed by atoms with E-state index in [4.69, 9.17) is 9.47 Å². The second-order valence-corrected chi connectivity index (χ2v) is 22.2. The van der Waals surface area contributed by atoms with Gasteiger partial charge in [0.1, 0.15) is 24.4 Å². The fourth-order valence-corrected chi connectivity index (χ4v) is 9.56. The first-order valence-electron chi connectivity index (χ1n) is 32.9. The Bertz CT molecular complexity index is 1740. The van der Waals surface area contributed by atoms with Crippen LogP contribution in [0, 0.1) is 0 Å². The number of amides is 1. The second kappa shape index (κ2) is 59.5. The first-order chi connectivity index (χ1) is 39.8. The van der Waals surface area contributed by atoms with Crippen LogP contribution in [-0.2, 0) is 14.3 Å². The van der Waals surface area contributed by atoms with Crippen LogP contribution in [-0.4, -0.2) is 87.5 Å². The normalized spacial score (nSPS) is 19.3. The number of unbranched alkanes of at least 4 members (excludes halogenated alkanes) is 25. The number of aliphatic hydroxyl groups is 5. The monoisotopic (exact) mass is 1130 g/mol. The van der Waals surface area contributed by atoms with Gasteiger partial charge >= 0.3 is 0 Å². The molecule has 1 fully saturated rings. The SMILES string of the molecule is CC/C=C\C/C=C\C/C=C\C/C=C\C/C=C\C/C=C\C/C=C\C/C=C\CCCCCCCCCCC(=O)NC(COC1OC(CO)C(O)C(O)C1O)C(O)/C=C/CC/C=C/CC/C=C/CCCCCCCCCCCCCCCCC. The quantitative estimate of drug-likeness (QED) is 0.0261. The summed E-state index contributed by atoms with van der Waals surface area (Å²) in [7, 11) is 0. The lowest BCUT2D eigenvalue weighted by Crippen LogP contribution is -2.60. The number of ether oxygens (including phenoxy) is 2. The van der Waals surface area contributed by atoms with Gasteiger partial charge < -0.3 is 40.3 Å². The van der Waals surface area contributed by atoms with Gasteiger partial charge in [-0.25, -0.2) is 0 Å². The molecule has 0 aromatic carbocycles. The summed E-state index contributed by atoms with van der Waals surface area (Å²) >= 11 is 0. The van der Waals surface area contributed by atoms with Crippen LogP contribution in [0.3, 0.4) is 0 Å². The van der Waals surface area contributed by atoms with Gasteiger partial charge in [-0.15, -0.1) is 0 Å². The molecule has 0 spiro atoms. The van der Waals surface area contributed by atoms with Crippen molar-refractivity contribution in [3.63, 3.8) is 0 Å². The molecule has 7 atom stereocenters. The smallest absolute Gasteiger partial charge is 0.220 e. The third-order valence-electron chi connectivity index (χ3n) is 14.7. The van der Waals surface area contributed by atoms with Crippen molar-refractivity contribution in [2.45, 2.75) is 301 Å². The van der Waals surface area contributed by atoms with E-state index in [2.05, 4.69) is 141 Å². The zero-order chi connectivity index (χ0) is 58.6. The fourth-order valence-electron chi connectivity index (χ4n) is 9.56. The van der Waals surface area contributed by atoms with Gasteiger partial charge in [-0.2, -0.15) is 0 Å². The molecule has 1 saturated heterocycles. The van der Waals surface area contributed by atoms with Gasteiger partial charge in [0.2, 0.25) is 5.91 Å². The summed E-state index contributed by atoms with van der Waals surface area (Å²) in [6, 6.07) is -0.844. The van der Waals surface area contributed by atoms with E-state index in [1.807, 2.05) is 6.08 Å². The number of nitrogens with one attached hydrogen (secondary N) is 1. The zero-order valence-electron chi connectivity index (χ0n) is 51.5. The standard InChI is InChI=1S/C72H121NO8/c1-3-5-7-9-11-13-15-17-19-21-23-25-27-29-30-31-32-33-34-35-36-38-40-42-44-46-48-50-52-54-56-58-60-62-68(76)73-65(64-80-72-71(79)70(78)69(77)67(63-74)81-72)66(75)61-59-57-55-53-51-49-47-45-43-41-39-37-28-26-24-22-20-18-16-14-12-10-8-6-4-2/h5,7,11,13,17,19,23,25,29-30,32-33,35-36,40,42-43,45,51,53,59,61,65-67,69-72,74-75,77-79H,3-4,6,8-10,12,14-16,18,20-22,24,26-28,31,34,37-39,41,44,46-50,52,54-58,60,62-64H2,1-2H3,(H,73,76)/b7-5-,13-11-,19-17-,25-23-,30-29-,33-32-,36-35-,42-40-,45-43+,53-51+,61-59+. The van der Waals surface area contributed by atoms with E-state index in [-0.39, 0.29) is 12.5 Å². The van der Waals surface area contributed by atoms with Crippen LogP contribution in [0.2, 0.25) is 0 Å².